The minimum absolute atomic E-state index is 0.0622. The summed E-state index contributed by atoms with van der Waals surface area (Å²) in [6, 6.07) is 1.90. The van der Waals surface area contributed by atoms with Crippen LogP contribution >= 0.6 is 0 Å². The summed E-state index contributed by atoms with van der Waals surface area (Å²) in [6.07, 6.45) is 2.99. The molecule has 0 aromatic carbocycles. The second-order valence-electron chi connectivity index (χ2n) is 4.01. The molecule has 1 heterocycles. The second-order valence-corrected chi connectivity index (χ2v) is 4.01. The van der Waals surface area contributed by atoms with Crippen LogP contribution in [-0.4, -0.2) is 33.3 Å². The first-order valence-electron chi connectivity index (χ1n) is 5.82. The number of aryl methyl sites for hydroxylation is 1. The van der Waals surface area contributed by atoms with Crippen LogP contribution < -0.4 is 11.1 Å². The van der Waals surface area contributed by atoms with E-state index in [0.717, 1.165) is 5.69 Å². The molecule has 0 fully saturated rings. The zero-order chi connectivity index (χ0) is 13.5. The molecule has 0 radical (unpaired) electrons. The van der Waals surface area contributed by atoms with Crippen molar-refractivity contribution in [1.82, 2.24) is 15.1 Å². The molecule has 7 nitrogen and oxygen atoms in total. The average molecular weight is 253 g/mol. The van der Waals surface area contributed by atoms with E-state index in [0.29, 0.717) is 19.4 Å². The molecule has 0 saturated heterocycles. The minimum atomic E-state index is -0.585. The number of carbonyl (C=O) groups excluding carboxylic acids is 1. The van der Waals surface area contributed by atoms with Crippen LogP contribution in [0, 0.1) is 5.92 Å². The van der Waals surface area contributed by atoms with Crippen LogP contribution in [-0.2, 0) is 18.3 Å². The first kappa shape index (κ1) is 14.0. The molecule has 0 aliphatic carbocycles. The molecule has 0 aliphatic rings. The third kappa shape index (κ3) is 3.76. The number of amidine groups is 1. The Labute approximate surface area is 106 Å². The molecule has 1 aromatic heterocycles. The number of nitrogens with zero attached hydrogens (tertiary/aromatic N) is 3. The van der Waals surface area contributed by atoms with E-state index in [2.05, 4.69) is 15.6 Å². The number of hydrogen-bond acceptors (Lipinski definition) is 4. The summed E-state index contributed by atoms with van der Waals surface area (Å²) in [5.74, 6) is -0.879. The zero-order valence-corrected chi connectivity index (χ0v) is 10.6. The van der Waals surface area contributed by atoms with Gasteiger partial charge in [-0.05, 0) is 12.5 Å². The molecule has 0 saturated carbocycles. The third-order valence-corrected chi connectivity index (χ3v) is 2.65. The number of oxime groups is 1. The van der Waals surface area contributed by atoms with Gasteiger partial charge in [0.15, 0.2) is 5.84 Å². The topological polar surface area (TPSA) is 106 Å². The number of hydrogen-bond donors (Lipinski definition) is 3. The maximum absolute atomic E-state index is 11.8. The fraction of sp³-hybridized carbons (Fsp3) is 0.545. The molecule has 1 rings (SSSR count). The Morgan fingerprint density at radius 2 is 2.44 bits per heavy atom. The van der Waals surface area contributed by atoms with E-state index < -0.39 is 5.92 Å². The fourth-order valence-electron chi connectivity index (χ4n) is 1.63. The van der Waals surface area contributed by atoms with Gasteiger partial charge in [-0.1, -0.05) is 12.1 Å². The van der Waals surface area contributed by atoms with Crippen molar-refractivity contribution in [1.29, 1.82) is 0 Å². The van der Waals surface area contributed by atoms with E-state index in [-0.39, 0.29) is 11.7 Å². The van der Waals surface area contributed by atoms with Gasteiger partial charge in [0, 0.05) is 26.2 Å². The Hall–Kier alpha value is -2.05. The van der Waals surface area contributed by atoms with Gasteiger partial charge in [-0.25, -0.2) is 0 Å². The van der Waals surface area contributed by atoms with E-state index in [9.17, 15) is 4.79 Å². The number of nitrogens with one attached hydrogen (secondary N) is 1. The largest absolute Gasteiger partial charge is 0.409 e. The van der Waals surface area contributed by atoms with Gasteiger partial charge in [-0.15, -0.1) is 0 Å². The Bertz CT molecular complexity index is 427. The standard InChI is InChI=1S/C11H19N5O2/c1-3-9(10(12)15-18)11(17)13-6-4-8-5-7-16(2)14-8/h5,7,9,18H,3-4,6H2,1-2H3,(H2,12,15)(H,13,17). The number of nitrogens with two attached hydrogens (primary N) is 1. The van der Waals surface area contributed by atoms with Crippen molar-refractivity contribution >= 4 is 11.7 Å². The minimum Gasteiger partial charge on any atom is -0.409 e. The Morgan fingerprint density at radius 3 is 2.94 bits per heavy atom. The molecular formula is C11H19N5O2. The molecule has 0 bridgehead atoms. The fourth-order valence-corrected chi connectivity index (χ4v) is 1.63. The molecule has 1 aromatic rings. The van der Waals surface area contributed by atoms with Gasteiger partial charge < -0.3 is 16.3 Å². The van der Waals surface area contributed by atoms with E-state index >= 15 is 0 Å². The molecule has 100 valence electrons. The van der Waals surface area contributed by atoms with Gasteiger partial charge in [0.05, 0.1) is 11.6 Å². The van der Waals surface area contributed by atoms with Crippen molar-refractivity contribution in [2.24, 2.45) is 23.9 Å². The Kier molecular flexibility index (Phi) is 5.16. The summed E-state index contributed by atoms with van der Waals surface area (Å²) in [7, 11) is 1.84. The van der Waals surface area contributed by atoms with Crippen molar-refractivity contribution < 1.29 is 10.0 Å². The zero-order valence-electron chi connectivity index (χ0n) is 10.6. The first-order valence-corrected chi connectivity index (χ1v) is 5.82. The van der Waals surface area contributed by atoms with Crippen LogP contribution in [0.2, 0.25) is 0 Å². The lowest BCUT2D eigenvalue weighted by Crippen LogP contribution is -2.39. The molecule has 4 N–H and O–H groups in total. The first-order chi connectivity index (χ1) is 8.58. The summed E-state index contributed by atoms with van der Waals surface area (Å²) in [4.78, 5) is 11.8. The van der Waals surface area contributed by atoms with Crippen molar-refractivity contribution in [2.45, 2.75) is 19.8 Å². The van der Waals surface area contributed by atoms with Crippen LogP contribution in [0.1, 0.15) is 19.0 Å². The van der Waals surface area contributed by atoms with Crippen LogP contribution in [0.15, 0.2) is 17.4 Å². The highest BCUT2D eigenvalue weighted by Crippen LogP contribution is 2.03. The van der Waals surface area contributed by atoms with E-state index in [1.54, 1.807) is 11.6 Å². The molecule has 0 aliphatic heterocycles. The monoisotopic (exact) mass is 253 g/mol. The van der Waals surface area contributed by atoms with Crippen molar-refractivity contribution in [3.05, 3.63) is 18.0 Å². The van der Waals surface area contributed by atoms with Gasteiger partial charge in [0.1, 0.15) is 0 Å². The maximum Gasteiger partial charge on any atom is 0.230 e. The Morgan fingerprint density at radius 1 is 1.72 bits per heavy atom. The summed E-state index contributed by atoms with van der Waals surface area (Å²) >= 11 is 0. The van der Waals surface area contributed by atoms with Crippen molar-refractivity contribution in [3.63, 3.8) is 0 Å². The van der Waals surface area contributed by atoms with Crippen LogP contribution in [0.5, 0.6) is 0 Å². The van der Waals surface area contributed by atoms with Gasteiger partial charge in [0.25, 0.3) is 0 Å². The highest BCUT2D eigenvalue weighted by Gasteiger charge is 2.20. The number of rotatable bonds is 6. The molecule has 1 atom stereocenters. The number of carbonyl (C=O) groups is 1. The quantitative estimate of drug-likeness (QED) is 0.284. The summed E-state index contributed by atoms with van der Waals surface area (Å²) in [6.45, 7) is 2.28. The molecule has 1 amide bonds. The number of amides is 1. The Balaban J connectivity index is 2.40. The molecular weight excluding hydrogens is 234 g/mol. The third-order valence-electron chi connectivity index (χ3n) is 2.65. The van der Waals surface area contributed by atoms with Gasteiger partial charge in [0.2, 0.25) is 5.91 Å². The van der Waals surface area contributed by atoms with Gasteiger partial charge >= 0.3 is 0 Å². The average Bonchev–Trinajstić information content (AvgIpc) is 2.75. The normalized spacial score (nSPS) is 13.3. The van der Waals surface area contributed by atoms with Gasteiger partial charge in [-0.3, -0.25) is 9.48 Å². The summed E-state index contributed by atoms with van der Waals surface area (Å²) in [5, 5.41) is 18.4. The lowest BCUT2D eigenvalue weighted by Gasteiger charge is -2.12. The molecule has 1 unspecified atom stereocenters. The predicted octanol–water partition coefficient (Wildman–Crippen LogP) is -0.149. The van der Waals surface area contributed by atoms with E-state index in [1.165, 1.54) is 0 Å². The van der Waals surface area contributed by atoms with Crippen molar-refractivity contribution in [3.8, 4) is 0 Å². The smallest absolute Gasteiger partial charge is 0.230 e. The second kappa shape index (κ2) is 6.63. The molecule has 0 spiro atoms. The predicted molar refractivity (Wildman–Crippen MR) is 67.1 cm³/mol. The SMILES string of the molecule is CCC(C(=O)NCCc1ccn(C)n1)/C(N)=N/O. The lowest BCUT2D eigenvalue weighted by atomic mass is 10.0. The highest BCUT2D eigenvalue weighted by atomic mass is 16.4. The van der Waals surface area contributed by atoms with E-state index in [1.807, 2.05) is 19.3 Å². The molecule has 7 heteroatoms. The van der Waals surface area contributed by atoms with Crippen LogP contribution in [0.25, 0.3) is 0 Å². The van der Waals surface area contributed by atoms with Crippen LogP contribution in [0.3, 0.4) is 0 Å². The summed E-state index contributed by atoms with van der Waals surface area (Å²) in [5.41, 5.74) is 6.35. The van der Waals surface area contributed by atoms with Crippen molar-refractivity contribution in [2.75, 3.05) is 6.54 Å². The maximum atomic E-state index is 11.8. The summed E-state index contributed by atoms with van der Waals surface area (Å²) < 4.78 is 1.71. The highest BCUT2D eigenvalue weighted by molar-refractivity contribution is 6.01. The lowest BCUT2D eigenvalue weighted by molar-refractivity contribution is -0.123. The molecule has 18 heavy (non-hydrogen) atoms. The van der Waals surface area contributed by atoms with E-state index in [4.69, 9.17) is 10.9 Å². The van der Waals surface area contributed by atoms with Crippen LogP contribution in [0.4, 0.5) is 0 Å². The number of aromatic nitrogens is 2. The van der Waals surface area contributed by atoms with Gasteiger partial charge in [-0.2, -0.15) is 5.10 Å².